The summed E-state index contributed by atoms with van der Waals surface area (Å²) in [6, 6.07) is 8.74. The summed E-state index contributed by atoms with van der Waals surface area (Å²) < 4.78 is 5.76. The van der Waals surface area contributed by atoms with Gasteiger partial charge in [0.1, 0.15) is 5.75 Å². The molecule has 25 heavy (non-hydrogen) atoms. The van der Waals surface area contributed by atoms with Crippen LogP contribution in [0.2, 0.25) is 0 Å². The number of nitrogens with zero attached hydrogens (tertiary/aromatic N) is 2. The van der Waals surface area contributed by atoms with Crippen molar-refractivity contribution >= 4 is 5.96 Å². The molecule has 2 rings (SSSR count). The summed E-state index contributed by atoms with van der Waals surface area (Å²) in [5, 5.41) is 6.99. The van der Waals surface area contributed by atoms with E-state index in [9.17, 15) is 0 Å². The van der Waals surface area contributed by atoms with Crippen LogP contribution in [0.1, 0.15) is 45.6 Å². The predicted molar refractivity (Wildman–Crippen MR) is 105 cm³/mol. The van der Waals surface area contributed by atoms with Crippen molar-refractivity contribution in [3.63, 3.8) is 0 Å². The molecule has 1 fully saturated rings. The Hall–Kier alpha value is -1.75. The van der Waals surface area contributed by atoms with Crippen molar-refractivity contribution in [3.8, 4) is 5.75 Å². The van der Waals surface area contributed by atoms with E-state index in [1.165, 1.54) is 44.5 Å². The first kappa shape index (κ1) is 19.6. The standard InChI is InChI=1S/C20H34N4O/c1-5-11-24-12-9-18(10-13-24)23-20(21-4)22-15-17-7-6-8-19(14-17)25-16(2)3/h6-8,14,16,18H,5,9-13,15H2,1-4H3,(H2,21,22,23). The first-order chi connectivity index (χ1) is 12.1. The molecule has 0 amide bonds. The minimum absolute atomic E-state index is 0.191. The van der Waals surface area contributed by atoms with Gasteiger partial charge in [-0.3, -0.25) is 4.99 Å². The van der Waals surface area contributed by atoms with Crippen LogP contribution in [0.3, 0.4) is 0 Å². The molecular formula is C20H34N4O. The maximum absolute atomic E-state index is 5.76. The Morgan fingerprint density at radius 1 is 1.32 bits per heavy atom. The molecule has 0 aliphatic carbocycles. The van der Waals surface area contributed by atoms with Crippen molar-refractivity contribution in [2.45, 2.75) is 58.7 Å². The fraction of sp³-hybridized carbons (Fsp3) is 0.650. The van der Waals surface area contributed by atoms with E-state index in [0.29, 0.717) is 6.04 Å². The van der Waals surface area contributed by atoms with E-state index in [-0.39, 0.29) is 6.10 Å². The van der Waals surface area contributed by atoms with Crippen LogP contribution >= 0.6 is 0 Å². The highest BCUT2D eigenvalue weighted by Gasteiger charge is 2.19. The number of rotatable bonds is 7. The van der Waals surface area contributed by atoms with Crippen LogP contribution in [0.25, 0.3) is 0 Å². The quantitative estimate of drug-likeness (QED) is 0.589. The molecule has 140 valence electrons. The van der Waals surface area contributed by atoms with Crippen LogP contribution in [0.4, 0.5) is 0 Å². The van der Waals surface area contributed by atoms with Gasteiger partial charge in [0.25, 0.3) is 0 Å². The zero-order valence-corrected chi connectivity index (χ0v) is 16.2. The molecule has 0 bridgehead atoms. The van der Waals surface area contributed by atoms with Crippen LogP contribution in [0, 0.1) is 0 Å². The van der Waals surface area contributed by atoms with Gasteiger partial charge in [0.15, 0.2) is 5.96 Å². The summed E-state index contributed by atoms with van der Waals surface area (Å²) in [4.78, 5) is 6.92. The van der Waals surface area contributed by atoms with Crippen LogP contribution in [-0.4, -0.2) is 49.7 Å². The average Bonchev–Trinajstić information content (AvgIpc) is 2.60. The van der Waals surface area contributed by atoms with Gasteiger partial charge in [-0.25, -0.2) is 0 Å². The molecule has 1 aromatic rings. The number of piperidine rings is 1. The third kappa shape index (κ3) is 6.94. The number of aliphatic imine (C=N–C) groups is 1. The Kier molecular flexibility index (Phi) is 8.06. The van der Waals surface area contributed by atoms with Gasteiger partial charge in [-0.05, 0) is 57.4 Å². The van der Waals surface area contributed by atoms with E-state index in [4.69, 9.17) is 4.74 Å². The second-order valence-electron chi connectivity index (χ2n) is 7.00. The van der Waals surface area contributed by atoms with E-state index in [0.717, 1.165) is 18.3 Å². The molecule has 0 aromatic heterocycles. The van der Waals surface area contributed by atoms with E-state index in [1.807, 2.05) is 33.0 Å². The number of likely N-dealkylation sites (tertiary alicyclic amines) is 1. The number of hydrogen-bond donors (Lipinski definition) is 2. The number of nitrogens with one attached hydrogen (secondary N) is 2. The fourth-order valence-electron chi connectivity index (χ4n) is 3.19. The molecule has 1 aliphatic rings. The van der Waals surface area contributed by atoms with Crippen molar-refractivity contribution in [2.75, 3.05) is 26.7 Å². The zero-order chi connectivity index (χ0) is 18.1. The summed E-state index contributed by atoms with van der Waals surface area (Å²) in [5.41, 5.74) is 1.19. The lowest BCUT2D eigenvalue weighted by Gasteiger charge is -2.32. The summed E-state index contributed by atoms with van der Waals surface area (Å²) >= 11 is 0. The third-order valence-corrected chi connectivity index (χ3v) is 4.42. The van der Waals surface area contributed by atoms with Crippen molar-refractivity contribution in [1.82, 2.24) is 15.5 Å². The van der Waals surface area contributed by atoms with Crippen molar-refractivity contribution in [1.29, 1.82) is 0 Å². The topological polar surface area (TPSA) is 48.9 Å². The van der Waals surface area contributed by atoms with Crippen LogP contribution in [-0.2, 0) is 6.54 Å². The largest absolute Gasteiger partial charge is 0.491 e. The second kappa shape index (κ2) is 10.3. The molecule has 1 aromatic carbocycles. The van der Waals surface area contributed by atoms with Crippen molar-refractivity contribution in [3.05, 3.63) is 29.8 Å². The number of benzene rings is 1. The van der Waals surface area contributed by atoms with Crippen LogP contribution in [0.15, 0.2) is 29.3 Å². The molecule has 1 saturated heterocycles. The highest BCUT2D eigenvalue weighted by molar-refractivity contribution is 5.79. The lowest BCUT2D eigenvalue weighted by Crippen LogP contribution is -2.48. The predicted octanol–water partition coefficient (Wildman–Crippen LogP) is 3.01. The van der Waals surface area contributed by atoms with Crippen LogP contribution in [0.5, 0.6) is 5.75 Å². The Labute approximate surface area is 152 Å². The molecule has 1 aliphatic heterocycles. The monoisotopic (exact) mass is 346 g/mol. The maximum Gasteiger partial charge on any atom is 0.191 e. The molecule has 0 atom stereocenters. The van der Waals surface area contributed by atoms with E-state index < -0.39 is 0 Å². The molecule has 5 heteroatoms. The Morgan fingerprint density at radius 3 is 2.72 bits per heavy atom. The molecule has 0 radical (unpaired) electrons. The lowest BCUT2D eigenvalue weighted by molar-refractivity contribution is 0.206. The number of hydrogen-bond acceptors (Lipinski definition) is 3. The van der Waals surface area contributed by atoms with E-state index in [1.54, 1.807) is 0 Å². The SMILES string of the molecule is CCCN1CCC(NC(=NC)NCc2cccc(OC(C)C)c2)CC1. The second-order valence-corrected chi connectivity index (χ2v) is 7.00. The van der Waals surface area contributed by atoms with Gasteiger partial charge >= 0.3 is 0 Å². The van der Waals surface area contributed by atoms with Gasteiger partial charge in [0, 0.05) is 32.7 Å². The Bertz CT molecular complexity index is 536. The van der Waals surface area contributed by atoms with Crippen molar-refractivity contribution < 1.29 is 4.74 Å². The molecule has 0 unspecified atom stereocenters. The molecule has 2 N–H and O–H groups in total. The third-order valence-electron chi connectivity index (χ3n) is 4.42. The first-order valence-electron chi connectivity index (χ1n) is 9.55. The van der Waals surface area contributed by atoms with Crippen LogP contribution < -0.4 is 15.4 Å². The lowest BCUT2D eigenvalue weighted by atomic mass is 10.1. The van der Waals surface area contributed by atoms with Gasteiger partial charge in [-0.2, -0.15) is 0 Å². The summed E-state index contributed by atoms with van der Waals surface area (Å²) in [6.07, 6.45) is 3.79. The smallest absolute Gasteiger partial charge is 0.191 e. The molecule has 0 saturated carbocycles. The Balaban J connectivity index is 1.79. The fourth-order valence-corrected chi connectivity index (χ4v) is 3.19. The van der Waals surface area contributed by atoms with E-state index in [2.05, 4.69) is 39.6 Å². The highest BCUT2D eigenvalue weighted by atomic mass is 16.5. The minimum Gasteiger partial charge on any atom is -0.491 e. The average molecular weight is 347 g/mol. The maximum atomic E-state index is 5.76. The zero-order valence-electron chi connectivity index (χ0n) is 16.2. The van der Waals surface area contributed by atoms with Crippen molar-refractivity contribution in [2.24, 2.45) is 4.99 Å². The Morgan fingerprint density at radius 2 is 2.08 bits per heavy atom. The molecule has 0 spiro atoms. The van der Waals surface area contributed by atoms with Gasteiger partial charge in [-0.15, -0.1) is 0 Å². The molecule has 5 nitrogen and oxygen atoms in total. The van der Waals surface area contributed by atoms with E-state index >= 15 is 0 Å². The normalized spacial score (nSPS) is 16.9. The summed E-state index contributed by atoms with van der Waals surface area (Å²) in [7, 11) is 1.83. The minimum atomic E-state index is 0.191. The number of guanidine groups is 1. The highest BCUT2D eigenvalue weighted by Crippen LogP contribution is 2.15. The van der Waals surface area contributed by atoms with Gasteiger partial charge in [0.05, 0.1) is 6.10 Å². The summed E-state index contributed by atoms with van der Waals surface area (Å²) in [5.74, 6) is 1.80. The van der Waals surface area contributed by atoms with Gasteiger partial charge < -0.3 is 20.3 Å². The van der Waals surface area contributed by atoms with Gasteiger partial charge in [-0.1, -0.05) is 19.1 Å². The molecular weight excluding hydrogens is 312 g/mol. The molecule has 1 heterocycles. The summed E-state index contributed by atoms with van der Waals surface area (Å²) in [6.45, 7) is 10.6. The van der Waals surface area contributed by atoms with Gasteiger partial charge in [0.2, 0.25) is 0 Å². The first-order valence-corrected chi connectivity index (χ1v) is 9.55. The number of ether oxygens (including phenoxy) is 1.